The van der Waals surface area contributed by atoms with E-state index in [-0.39, 0.29) is 28.2 Å². The van der Waals surface area contributed by atoms with Gasteiger partial charge in [-0.15, -0.1) is 0 Å². The average Bonchev–Trinajstić information content (AvgIpc) is 3.37. The minimum absolute atomic E-state index is 0.00770. The Morgan fingerprint density at radius 3 is 2.17 bits per heavy atom. The van der Waals surface area contributed by atoms with Gasteiger partial charge in [-0.2, -0.15) is 4.37 Å². The molecule has 11 nitrogen and oxygen atoms in total. The molecule has 1 aromatic heterocycles. The second-order valence-electron chi connectivity index (χ2n) is 10.3. The summed E-state index contributed by atoms with van der Waals surface area (Å²) in [5, 5.41) is 3.18. The highest BCUT2D eigenvalue weighted by Crippen LogP contribution is 2.43. The van der Waals surface area contributed by atoms with Crippen LogP contribution in [0.2, 0.25) is 0 Å². The molecule has 1 heterocycles. The van der Waals surface area contributed by atoms with Gasteiger partial charge in [0.25, 0.3) is 11.8 Å². The topological polar surface area (TPSA) is 159 Å². The van der Waals surface area contributed by atoms with E-state index >= 15 is 0 Å². The Hall–Kier alpha value is -4.32. The molecule has 224 valence electrons. The molecule has 1 atom stereocenters. The van der Waals surface area contributed by atoms with Gasteiger partial charge in [0.05, 0.1) is 27.0 Å². The van der Waals surface area contributed by atoms with E-state index in [9.17, 15) is 14.4 Å². The number of carbonyl (C=O) groups excluding carboxylic acids is 3. The van der Waals surface area contributed by atoms with Crippen molar-refractivity contribution in [1.29, 1.82) is 0 Å². The number of anilines is 2. The molecular formula is C30H37N5O6S. The number of nitrogens with two attached hydrogens (primary N) is 2. The number of hydrogen-bond donors (Lipinski definition) is 3. The van der Waals surface area contributed by atoms with E-state index in [1.165, 1.54) is 26.2 Å². The highest BCUT2D eigenvalue weighted by atomic mass is 32.1. The van der Waals surface area contributed by atoms with Gasteiger partial charge in [0, 0.05) is 11.7 Å². The summed E-state index contributed by atoms with van der Waals surface area (Å²) in [5.74, 6) is -0.855. The number of ether oxygens (including phenoxy) is 3. The van der Waals surface area contributed by atoms with Gasteiger partial charge in [0.1, 0.15) is 10.9 Å². The largest absolute Gasteiger partial charge is 0.493 e. The van der Waals surface area contributed by atoms with Gasteiger partial charge in [0.15, 0.2) is 17.2 Å². The third kappa shape index (κ3) is 6.13. The molecule has 0 unspecified atom stereocenters. The number of hydrogen-bond acceptors (Lipinski definition) is 9. The molecule has 3 aromatic rings. The van der Waals surface area contributed by atoms with Crippen molar-refractivity contribution in [2.75, 3.05) is 32.0 Å². The predicted molar refractivity (Wildman–Crippen MR) is 162 cm³/mol. The number of aromatic nitrogens is 1. The summed E-state index contributed by atoms with van der Waals surface area (Å²) >= 11 is 0.758. The van der Waals surface area contributed by atoms with E-state index in [1.54, 1.807) is 18.2 Å². The first kappa shape index (κ1) is 30.6. The molecule has 0 radical (unpaired) electrons. The number of nitrogen functional groups attached to an aromatic ring is 1. The van der Waals surface area contributed by atoms with Gasteiger partial charge in [-0.3, -0.25) is 19.3 Å². The summed E-state index contributed by atoms with van der Waals surface area (Å²) in [7, 11) is 4.45. The van der Waals surface area contributed by atoms with Gasteiger partial charge in [-0.1, -0.05) is 37.0 Å². The quantitative estimate of drug-likeness (QED) is 0.313. The predicted octanol–water partition coefficient (Wildman–Crippen LogP) is 4.30. The highest BCUT2D eigenvalue weighted by Gasteiger charge is 2.38. The number of benzene rings is 2. The second kappa shape index (κ2) is 13.1. The van der Waals surface area contributed by atoms with Crippen LogP contribution in [-0.2, 0) is 4.79 Å². The van der Waals surface area contributed by atoms with E-state index < -0.39 is 17.9 Å². The Morgan fingerprint density at radius 2 is 1.64 bits per heavy atom. The number of aryl methyl sites for hydroxylation is 2. The van der Waals surface area contributed by atoms with E-state index in [0.29, 0.717) is 28.5 Å². The van der Waals surface area contributed by atoms with Gasteiger partial charge < -0.3 is 31.0 Å². The van der Waals surface area contributed by atoms with Crippen molar-refractivity contribution < 1.29 is 28.6 Å². The lowest BCUT2D eigenvalue weighted by atomic mass is 9.94. The minimum Gasteiger partial charge on any atom is -0.493 e. The number of amides is 3. The van der Waals surface area contributed by atoms with Gasteiger partial charge >= 0.3 is 0 Å². The third-order valence-electron chi connectivity index (χ3n) is 7.45. The monoisotopic (exact) mass is 595 g/mol. The van der Waals surface area contributed by atoms with Crippen LogP contribution >= 0.6 is 11.5 Å². The standard InChI is InChI=1S/C30H37N5O6S/c1-16-11-12-20(17(2)13-16)35(30(38)27-23(31)24(28(32)36)34-42-27)25(29(37)33-19-9-7-6-8-10-19)18-14-21(39-3)26(41-5)22(15-18)40-4/h11-15,19,25H,6-10,31H2,1-5H3,(H2,32,36)(H,33,37)/t25-/m0/s1. The van der Waals surface area contributed by atoms with Crippen LogP contribution in [0.4, 0.5) is 11.4 Å². The lowest BCUT2D eigenvalue weighted by Gasteiger charge is -2.34. The molecule has 1 aliphatic rings. The molecule has 3 amide bonds. The van der Waals surface area contributed by atoms with Crippen molar-refractivity contribution in [2.45, 2.75) is 58.0 Å². The molecule has 1 aliphatic carbocycles. The molecule has 42 heavy (non-hydrogen) atoms. The van der Waals surface area contributed by atoms with Crippen LogP contribution in [0.1, 0.15) is 75.0 Å². The normalized spacial score (nSPS) is 14.1. The Bertz CT molecular complexity index is 1460. The fourth-order valence-corrected chi connectivity index (χ4v) is 6.13. The second-order valence-corrected chi connectivity index (χ2v) is 11.1. The van der Waals surface area contributed by atoms with Gasteiger partial charge in [-0.25, -0.2) is 0 Å². The summed E-state index contributed by atoms with van der Waals surface area (Å²) in [4.78, 5) is 42.2. The molecule has 0 saturated heterocycles. The van der Waals surface area contributed by atoms with Crippen LogP contribution in [0, 0.1) is 13.8 Å². The summed E-state index contributed by atoms with van der Waals surface area (Å²) in [6.45, 7) is 3.80. The third-order valence-corrected chi connectivity index (χ3v) is 8.30. The maximum absolute atomic E-state index is 14.5. The van der Waals surface area contributed by atoms with Crippen LogP contribution in [0.3, 0.4) is 0 Å². The average molecular weight is 596 g/mol. The van der Waals surface area contributed by atoms with Gasteiger partial charge in [-0.05, 0) is 67.5 Å². The molecule has 1 saturated carbocycles. The van der Waals surface area contributed by atoms with Crippen molar-refractivity contribution >= 4 is 40.6 Å². The van der Waals surface area contributed by atoms with E-state index in [0.717, 1.165) is 54.8 Å². The Kier molecular flexibility index (Phi) is 9.56. The number of methoxy groups -OCH3 is 3. The molecule has 4 rings (SSSR count). The van der Waals surface area contributed by atoms with Crippen LogP contribution in [-0.4, -0.2) is 49.5 Å². The van der Waals surface area contributed by atoms with Crippen molar-refractivity contribution in [3.8, 4) is 17.2 Å². The SMILES string of the molecule is COc1cc([C@@H](C(=O)NC2CCCCC2)N(C(=O)c2snc(C(N)=O)c2N)c2ccc(C)cc2C)cc(OC)c1OC. The lowest BCUT2D eigenvalue weighted by Crippen LogP contribution is -2.47. The number of nitrogens with zero attached hydrogens (tertiary/aromatic N) is 2. The fourth-order valence-electron chi connectivity index (χ4n) is 5.38. The zero-order valence-corrected chi connectivity index (χ0v) is 25.3. The number of rotatable bonds is 10. The van der Waals surface area contributed by atoms with Crippen molar-refractivity contribution in [3.63, 3.8) is 0 Å². The van der Waals surface area contributed by atoms with E-state index in [1.807, 2.05) is 26.0 Å². The first-order valence-corrected chi connectivity index (χ1v) is 14.4. The number of nitrogens with one attached hydrogen (secondary N) is 1. The number of primary amides is 1. The molecule has 12 heteroatoms. The molecule has 0 bridgehead atoms. The summed E-state index contributed by atoms with van der Waals surface area (Å²) in [6.07, 6.45) is 4.81. The van der Waals surface area contributed by atoms with E-state index in [2.05, 4.69) is 9.69 Å². The Morgan fingerprint density at radius 1 is 1.00 bits per heavy atom. The summed E-state index contributed by atoms with van der Waals surface area (Å²) < 4.78 is 20.7. The van der Waals surface area contributed by atoms with Crippen LogP contribution in [0.25, 0.3) is 0 Å². The molecule has 5 N–H and O–H groups in total. The first-order chi connectivity index (χ1) is 20.1. The van der Waals surface area contributed by atoms with Crippen LogP contribution in [0.15, 0.2) is 30.3 Å². The molecular weight excluding hydrogens is 558 g/mol. The van der Waals surface area contributed by atoms with Crippen molar-refractivity contribution in [3.05, 3.63) is 57.6 Å². The maximum atomic E-state index is 14.5. The minimum atomic E-state index is -1.19. The lowest BCUT2D eigenvalue weighted by molar-refractivity contribution is -0.123. The van der Waals surface area contributed by atoms with Crippen LogP contribution in [0.5, 0.6) is 17.2 Å². The zero-order valence-electron chi connectivity index (χ0n) is 24.5. The smallest absolute Gasteiger partial charge is 0.273 e. The molecule has 1 fully saturated rings. The maximum Gasteiger partial charge on any atom is 0.273 e. The zero-order chi connectivity index (χ0) is 30.6. The fraction of sp³-hybridized carbons (Fsp3) is 0.400. The van der Waals surface area contributed by atoms with Crippen molar-refractivity contribution in [1.82, 2.24) is 9.69 Å². The van der Waals surface area contributed by atoms with Crippen LogP contribution < -0.4 is 35.9 Å². The Balaban J connectivity index is 1.97. The van der Waals surface area contributed by atoms with Crippen molar-refractivity contribution in [2.24, 2.45) is 5.73 Å². The summed E-state index contributed by atoms with van der Waals surface area (Å²) in [6, 6.07) is 7.65. The first-order valence-electron chi connectivity index (χ1n) is 13.7. The van der Waals surface area contributed by atoms with E-state index in [4.69, 9.17) is 25.7 Å². The molecule has 0 aliphatic heterocycles. The molecule has 2 aromatic carbocycles. The summed E-state index contributed by atoms with van der Waals surface area (Å²) in [5.41, 5.74) is 14.0. The highest BCUT2D eigenvalue weighted by molar-refractivity contribution is 7.09. The Labute approximate surface area is 249 Å². The van der Waals surface area contributed by atoms with Gasteiger partial charge in [0.2, 0.25) is 11.7 Å². The molecule has 0 spiro atoms. The number of carbonyl (C=O) groups is 3.